The van der Waals surface area contributed by atoms with Crippen LogP contribution in [0.4, 0.5) is 0 Å². The molecule has 0 atom stereocenters. The van der Waals surface area contributed by atoms with Crippen LogP contribution in [0.2, 0.25) is 0 Å². The number of aromatic nitrogens is 3. The third-order valence-electron chi connectivity index (χ3n) is 3.75. The summed E-state index contributed by atoms with van der Waals surface area (Å²) < 4.78 is 7.80. The summed E-state index contributed by atoms with van der Waals surface area (Å²) in [5.41, 5.74) is 0. The molecule has 2 rings (SSSR count). The predicted octanol–water partition coefficient (Wildman–Crippen LogP) is 1.82. The smallest absolute Gasteiger partial charge is 0.193 e. The first-order valence-corrected chi connectivity index (χ1v) is 8.78. The molecule has 0 radical (unpaired) electrons. The fourth-order valence-corrected chi connectivity index (χ4v) is 2.40. The van der Waals surface area contributed by atoms with Crippen LogP contribution in [-0.4, -0.2) is 58.9 Å². The Morgan fingerprint density at radius 3 is 2.80 bits per heavy atom. The van der Waals surface area contributed by atoms with Gasteiger partial charge in [-0.25, -0.2) is 0 Å². The monoisotopic (exact) mass is 344 g/mol. The second-order valence-electron chi connectivity index (χ2n) is 5.61. The van der Waals surface area contributed by atoms with Crippen molar-refractivity contribution in [3.05, 3.63) is 42.5 Å². The van der Waals surface area contributed by atoms with Gasteiger partial charge >= 0.3 is 0 Å². The van der Waals surface area contributed by atoms with Gasteiger partial charge in [0.1, 0.15) is 24.5 Å². The number of aryl methyl sites for hydroxylation is 1. The van der Waals surface area contributed by atoms with Crippen molar-refractivity contribution in [3.63, 3.8) is 0 Å². The highest BCUT2D eigenvalue weighted by atomic mass is 16.5. The second-order valence-corrected chi connectivity index (χ2v) is 5.61. The number of aliphatic imine (C=N–C) groups is 1. The van der Waals surface area contributed by atoms with Gasteiger partial charge in [0.15, 0.2) is 5.96 Å². The first-order chi connectivity index (χ1) is 12.2. The van der Waals surface area contributed by atoms with Crippen molar-refractivity contribution < 1.29 is 4.74 Å². The van der Waals surface area contributed by atoms with Gasteiger partial charge in [0.05, 0.1) is 13.1 Å². The van der Waals surface area contributed by atoms with Crippen molar-refractivity contribution in [1.82, 2.24) is 25.0 Å². The van der Waals surface area contributed by atoms with Crippen molar-refractivity contribution in [1.29, 1.82) is 0 Å². The van der Waals surface area contributed by atoms with Crippen LogP contribution >= 0.6 is 0 Å². The Hall–Kier alpha value is -2.57. The minimum Gasteiger partial charge on any atom is -0.492 e. The zero-order valence-corrected chi connectivity index (χ0v) is 15.4. The summed E-state index contributed by atoms with van der Waals surface area (Å²) in [5, 5.41) is 11.4. The van der Waals surface area contributed by atoms with E-state index in [4.69, 9.17) is 4.74 Å². The molecule has 0 aliphatic rings. The van der Waals surface area contributed by atoms with E-state index in [1.54, 1.807) is 6.33 Å². The first kappa shape index (κ1) is 18.8. The maximum atomic E-state index is 5.75. The normalized spacial score (nSPS) is 11.4. The molecule has 1 aromatic carbocycles. The Morgan fingerprint density at radius 2 is 2.08 bits per heavy atom. The van der Waals surface area contributed by atoms with E-state index >= 15 is 0 Å². The Bertz CT molecular complexity index is 640. The first-order valence-electron chi connectivity index (χ1n) is 8.78. The Balaban J connectivity index is 1.82. The highest BCUT2D eigenvalue weighted by Gasteiger charge is 2.06. The summed E-state index contributed by atoms with van der Waals surface area (Å²) in [6.07, 6.45) is 2.64. The van der Waals surface area contributed by atoms with Gasteiger partial charge in [0.25, 0.3) is 0 Å². The number of ether oxygens (including phenoxy) is 1. The van der Waals surface area contributed by atoms with Crippen LogP contribution in [0.1, 0.15) is 19.7 Å². The van der Waals surface area contributed by atoms with Crippen LogP contribution in [0.25, 0.3) is 0 Å². The molecule has 0 aliphatic heterocycles. The van der Waals surface area contributed by atoms with Gasteiger partial charge in [-0.3, -0.25) is 4.99 Å². The summed E-state index contributed by atoms with van der Waals surface area (Å²) >= 11 is 0. The molecule has 0 bridgehead atoms. The van der Waals surface area contributed by atoms with Gasteiger partial charge in [0.2, 0.25) is 0 Å². The van der Waals surface area contributed by atoms with Gasteiger partial charge in [-0.05, 0) is 19.1 Å². The van der Waals surface area contributed by atoms with Gasteiger partial charge in [0, 0.05) is 26.6 Å². The molecule has 0 unspecified atom stereocenters. The number of guanidine groups is 1. The number of hydrogen-bond donors (Lipinski definition) is 1. The maximum Gasteiger partial charge on any atom is 0.193 e. The Labute approximate surface area is 149 Å². The van der Waals surface area contributed by atoms with E-state index in [2.05, 4.69) is 39.3 Å². The highest BCUT2D eigenvalue weighted by molar-refractivity contribution is 5.79. The SMILES string of the molecule is CCNC(=NCCn1cnnc1CC)N(C)CCOc1ccccc1. The molecule has 7 heteroatoms. The lowest BCUT2D eigenvalue weighted by Crippen LogP contribution is -2.41. The number of nitrogens with one attached hydrogen (secondary N) is 1. The van der Waals surface area contributed by atoms with Crippen LogP contribution < -0.4 is 10.1 Å². The maximum absolute atomic E-state index is 5.75. The molecule has 0 aliphatic carbocycles. The molecule has 7 nitrogen and oxygen atoms in total. The van der Waals surface area contributed by atoms with Gasteiger partial charge < -0.3 is 19.5 Å². The summed E-state index contributed by atoms with van der Waals surface area (Å²) in [6.45, 7) is 7.79. The summed E-state index contributed by atoms with van der Waals surface area (Å²) in [4.78, 5) is 6.77. The summed E-state index contributed by atoms with van der Waals surface area (Å²) in [7, 11) is 2.02. The lowest BCUT2D eigenvalue weighted by atomic mass is 10.3. The van der Waals surface area contributed by atoms with Crippen molar-refractivity contribution in [2.45, 2.75) is 26.8 Å². The van der Waals surface area contributed by atoms with E-state index in [1.807, 2.05) is 41.9 Å². The number of hydrogen-bond acceptors (Lipinski definition) is 4. The number of likely N-dealkylation sites (N-methyl/N-ethyl adjacent to an activating group) is 1. The molecule has 0 saturated heterocycles. The molecule has 0 spiro atoms. The number of rotatable bonds is 9. The molecule has 25 heavy (non-hydrogen) atoms. The molecular formula is C18H28N6O. The molecule has 1 heterocycles. The quantitative estimate of drug-likeness (QED) is 0.555. The average Bonchev–Trinajstić information content (AvgIpc) is 3.09. The largest absolute Gasteiger partial charge is 0.492 e. The number of para-hydroxylation sites is 1. The van der Waals surface area contributed by atoms with Crippen LogP contribution in [0.5, 0.6) is 5.75 Å². The van der Waals surface area contributed by atoms with Crippen molar-refractivity contribution in [3.8, 4) is 5.75 Å². The van der Waals surface area contributed by atoms with Crippen LogP contribution in [0, 0.1) is 0 Å². The molecule has 0 amide bonds. The minimum absolute atomic E-state index is 0.607. The van der Waals surface area contributed by atoms with E-state index in [-0.39, 0.29) is 0 Å². The zero-order valence-electron chi connectivity index (χ0n) is 15.4. The molecule has 1 aromatic heterocycles. The predicted molar refractivity (Wildman–Crippen MR) is 99.9 cm³/mol. The van der Waals surface area contributed by atoms with Gasteiger partial charge in [-0.2, -0.15) is 0 Å². The highest BCUT2D eigenvalue weighted by Crippen LogP contribution is 2.07. The van der Waals surface area contributed by atoms with Crippen molar-refractivity contribution >= 4 is 5.96 Å². The summed E-state index contributed by atoms with van der Waals surface area (Å²) in [5.74, 6) is 2.76. The van der Waals surface area contributed by atoms with E-state index in [0.717, 1.165) is 43.6 Å². The Kier molecular flexibility index (Phi) is 7.75. The molecular weight excluding hydrogens is 316 g/mol. The van der Waals surface area contributed by atoms with E-state index in [1.165, 1.54) is 0 Å². The average molecular weight is 344 g/mol. The molecule has 0 saturated carbocycles. The van der Waals surface area contributed by atoms with Gasteiger partial charge in [-0.1, -0.05) is 25.1 Å². The third-order valence-corrected chi connectivity index (χ3v) is 3.75. The molecule has 0 fully saturated rings. The molecule has 2 aromatic rings. The van der Waals surface area contributed by atoms with Crippen molar-refractivity contribution in [2.24, 2.45) is 4.99 Å². The van der Waals surface area contributed by atoms with Gasteiger partial charge in [-0.15, -0.1) is 10.2 Å². The lowest BCUT2D eigenvalue weighted by Gasteiger charge is -2.22. The number of nitrogens with zero attached hydrogens (tertiary/aromatic N) is 5. The third kappa shape index (κ3) is 6.10. The fourth-order valence-electron chi connectivity index (χ4n) is 2.40. The Morgan fingerprint density at radius 1 is 1.28 bits per heavy atom. The molecule has 136 valence electrons. The van der Waals surface area contributed by atoms with E-state index in [9.17, 15) is 0 Å². The van der Waals surface area contributed by atoms with E-state index < -0.39 is 0 Å². The minimum atomic E-state index is 0.607. The number of benzene rings is 1. The van der Waals surface area contributed by atoms with Crippen molar-refractivity contribution in [2.75, 3.05) is 33.3 Å². The fraction of sp³-hybridized carbons (Fsp3) is 0.500. The summed E-state index contributed by atoms with van der Waals surface area (Å²) in [6, 6.07) is 9.85. The second kappa shape index (κ2) is 10.3. The molecule has 1 N–H and O–H groups in total. The van der Waals surface area contributed by atoms with Crippen LogP contribution in [0.15, 0.2) is 41.7 Å². The van der Waals surface area contributed by atoms with Crippen LogP contribution in [0.3, 0.4) is 0 Å². The lowest BCUT2D eigenvalue weighted by molar-refractivity contribution is 0.281. The standard InChI is InChI=1S/C18H28N6O/c1-4-17-22-21-15-24(17)12-11-20-18(19-5-2)23(3)13-14-25-16-9-7-6-8-10-16/h6-10,15H,4-5,11-14H2,1-3H3,(H,19,20). The van der Waals surface area contributed by atoms with E-state index in [0.29, 0.717) is 13.2 Å². The van der Waals surface area contributed by atoms with Crippen LogP contribution in [-0.2, 0) is 13.0 Å². The zero-order chi connectivity index (χ0) is 17.9. The topological polar surface area (TPSA) is 67.6 Å².